The van der Waals surface area contributed by atoms with Gasteiger partial charge in [0.05, 0.1) is 11.1 Å². The lowest BCUT2D eigenvalue weighted by Gasteiger charge is -2.27. The molecule has 104 valence electrons. The molecule has 19 heavy (non-hydrogen) atoms. The topological polar surface area (TPSA) is 49.2 Å². The van der Waals surface area contributed by atoms with Crippen molar-refractivity contribution in [3.63, 3.8) is 0 Å². The van der Waals surface area contributed by atoms with Crippen LogP contribution in [0.4, 0.5) is 5.69 Å². The van der Waals surface area contributed by atoms with Crippen molar-refractivity contribution in [1.82, 2.24) is 9.97 Å². The molecule has 2 aromatic heterocycles. The van der Waals surface area contributed by atoms with Crippen molar-refractivity contribution in [2.24, 2.45) is 0 Å². The molecule has 0 spiro atoms. The smallest absolute Gasteiger partial charge is 0.225 e. The molecule has 4 nitrogen and oxygen atoms in total. The maximum Gasteiger partial charge on any atom is 0.225 e. The zero-order valence-corrected chi connectivity index (χ0v) is 13.0. The molecule has 0 aliphatic heterocycles. The van der Waals surface area contributed by atoms with Crippen molar-refractivity contribution in [2.75, 3.05) is 18.0 Å². The summed E-state index contributed by atoms with van der Waals surface area (Å²) in [5.41, 5.74) is 1.12. The number of fused-ring (bicyclic) bond motifs is 1. The predicted octanol–water partition coefficient (Wildman–Crippen LogP) is 3.54. The summed E-state index contributed by atoms with van der Waals surface area (Å²) in [4.78, 5) is 12.6. The van der Waals surface area contributed by atoms with E-state index < -0.39 is 0 Å². The summed E-state index contributed by atoms with van der Waals surface area (Å²) < 4.78 is 0. The van der Waals surface area contributed by atoms with E-state index in [2.05, 4.69) is 49.5 Å². The van der Waals surface area contributed by atoms with Crippen LogP contribution < -0.4 is 4.90 Å². The molecule has 0 aliphatic carbocycles. The minimum absolute atomic E-state index is 0.0235. The summed E-state index contributed by atoms with van der Waals surface area (Å²) in [6.45, 7) is 12.6. The van der Waals surface area contributed by atoms with E-state index in [4.69, 9.17) is 0 Å². The molecule has 5 heteroatoms. The molecule has 0 saturated carbocycles. The minimum atomic E-state index is 0.0235. The van der Waals surface area contributed by atoms with Crippen LogP contribution in [-0.2, 0) is 5.41 Å². The van der Waals surface area contributed by atoms with Gasteiger partial charge in [0.1, 0.15) is 11.2 Å². The van der Waals surface area contributed by atoms with E-state index in [1.54, 1.807) is 11.3 Å². The highest BCUT2D eigenvalue weighted by Crippen LogP contribution is 2.46. The van der Waals surface area contributed by atoms with Gasteiger partial charge in [0.2, 0.25) is 5.88 Å². The van der Waals surface area contributed by atoms with Gasteiger partial charge in [-0.05, 0) is 19.3 Å². The summed E-state index contributed by atoms with van der Waals surface area (Å²) in [7, 11) is 0. The van der Waals surface area contributed by atoms with Crippen molar-refractivity contribution in [3.8, 4) is 5.88 Å². The maximum absolute atomic E-state index is 10.1. The minimum Gasteiger partial charge on any atom is -0.493 e. The summed E-state index contributed by atoms with van der Waals surface area (Å²) in [6, 6.07) is 0. The molecule has 2 aromatic rings. The molecule has 0 aromatic carbocycles. The Kier molecular flexibility index (Phi) is 3.67. The molecule has 1 N–H and O–H groups in total. The maximum atomic E-state index is 10.1. The molecule has 0 atom stereocenters. The quantitative estimate of drug-likeness (QED) is 0.933. The van der Waals surface area contributed by atoms with Gasteiger partial charge in [-0.2, -0.15) is 0 Å². The first-order valence-electron chi connectivity index (χ1n) is 6.62. The van der Waals surface area contributed by atoms with Crippen molar-refractivity contribution >= 4 is 27.2 Å². The van der Waals surface area contributed by atoms with E-state index in [1.807, 2.05) is 0 Å². The summed E-state index contributed by atoms with van der Waals surface area (Å²) in [5.74, 6) is 0.0821. The fourth-order valence-corrected chi connectivity index (χ4v) is 3.47. The van der Waals surface area contributed by atoms with Crippen LogP contribution in [0.2, 0.25) is 0 Å². The second kappa shape index (κ2) is 4.96. The van der Waals surface area contributed by atoms with Crippen molar-refractivity contribution < 1.29 is 5.11 Å². The second-order valence-corrected chi connectivity index (χ2v) is 6.58. The Bertz CT molecular complexity index is 582. The third kappa shape index (κ3) is 2.39. The van der Waals surface area contributed by atoms with E-state index in [1.165, 1.54) is 11.2 Å². The van der Waals surface area contributed by atoms with Crippen molar-refractivity contribution in [1.29, 1.82) is 0 Å². The predicted molar refractivity (Wildman–Crippen MR) is 81.3 cm³/mol. The number of rotatable bonds is 3. The van der Waals surface area contributed by atoms with Crippen LogP contribution in [0.15, 0.2) is 6.33 Å². The fourth-order valence-electron chi connectivity index (χ4n) is 2.25. The fraction of sp³-hybridized carbons (Fsp3) is 0.571. The average molecular weight is 279 g/mol. The number of hydrogen-bond donors (Lipinski definition) is 1. The highest BCUT2D eigenvalue weighted by atomic mass is 32.1. The number of hydrogen-bond acceptors (Lipinski definition) is 5. The van der Waals surface area contributed by atoms with Gasteiger partial charge in [-0.3, -0.25) is 0 Å². The van der Waals surface area contributed by atoms with Gasteiger partial charge in [0, 0.05) is 18.0 Å². The lowest BCUT2D eigenvalue weighted by atomic mass is 9.92. The van der Waals surface area contributed by atoms with Crippen LogP contribution in [0.5, 0.6) is 5.88 Å². The molecule has 0 aliphatic rings. The van der Waals surface area contributed by atoms with E-state index in [0.717, 1.165) is 29.0 Å². The summed E-state index contributed by atoms with van der Waals surface area (Å²) in [6.07, 6.45) is 1.42. The Morgan fingerprint density at radius 3 is 2.37 bits per heavy atom. The van der Waals surface area contributed by atoms with Crippen LogP contribution in [-0.4, -0.2) is 28.2 Å². The van der Waals surface area contributed by atoms with Gasteiger partial charge >= 0.3 is 0 Å². The first kappa shape index (κ1) is 14.1. The van der Waals surface area contributed by atoms with Gasteiger partial charge in [-0.15, -0.1) is 11.3 Å². The zero-order valence-electron chi connectivity index (χ0n) is 12.2. The first-order valence-corrected chi connectivity index (χ1v) is 7.43. The molecule has 0 fully saturated rings. The molecule has 0 amide bonds. The average Bonchev–Trinajstić information content (AvgIpc) is 2.72. The van der Waals surface area contributed by atoms with Crippen LogP contribution in [0, 0.1) is 0 Å². The van der Waals surface area contributed by atoms with Crippen LogP contribution in [0.1, 0.15) is 39.5 Å². The number of thiophene rings is 1. The molecule has 2 heterocycles. The number of anilines is 1. The van der Waals surface area contributed by atoms with E-state index in [0.29, 0.717) is 0 Å². The Morgan fingerprint density at radius 2 is 1.84 bits per heavy atom. The van der Waals surface area contributed by atoms with E-state index in [9.17, 15) is 5.11 Å². The number of aromatic nitrogens is 2. The summed E-state index contributed by atoms with van der Waals surface area (Å²) in [5, 5.41) is 10.9. The second-order valence-electron chi connectivity index (χ2n) is 5.58. The Hall–Kier alpha value is -1.36. The molecule has 0 bridgehead atoms. The highest BCUT2D eigenvalue weighted by Gasteiger charge is 2.27. The van der Waals surface area contributed by atoms with Crippen molar-refractivity contribution in [2.45, 2.75) is 40.0 Å². The first-order chi connectivity index (χ1) is 8.90. The van der Waals surface area contributed by atoms with Crippen LogP contribution in [0.25, 0.3) is 10.2 Å². The number of nitrogens with zero attached hydrogens (tertiary/aromatic N) is 3. The molecule has 0 unspecified atom stereocenters. The standard InChI is InChI=1S/C14H21N3OS/c1-6-17(7-2)10-9-12(18)15-8-16-13(9)19-11(10)14(3,4)5/h8H,6-7H2,1-5H3,(H,15,16,18). The summed E-state index contributed by atoms with van der Waals surface area (Å²) >= 11 is 1.65. The van der Waals surface area contributed by atoms with Gasteiger partial charge < -0.3 is 10.0 Å². The van der Waals surface area contributed by atoms with E-state index in [-0.39, 0.29) is 11.3 Å². The van der Waals surface area contributed by atoms with Gasteiger partial charge in [-0.25, -0.2) is 9.97 Å². The lowest BCUT2D eigenvalue weighted by molar-refractivity contribution is 0.459. The molecule has 2 rings (SSSR count). The molecule has 0 saturated heterocycles. The highest BCUT2D eigenvalue weighted by molar-refractivity contribution is 7.19. The Morgan fingerprint density at radius 1 is 1.21 bits per heavy atom. The molecular weight excluding hydrogens is 258 g/mol. The van der Waals surface area contributed by atoms with Gasteiger partial charge in [0.25, 0.3) is 0 Å². The zero-order chi connectivity index (χ0) is 14.2. The van der Waals surface area contributed by atoms with Gasteiger partial charge in [0.15, 0.2) is 0 Å². The lowest BCUT2D eigenvalue weighted by Crippen LogP contribution is -2.25. The normalized spacial score (nSPS) is 12.1. The van der Waals surface area contributed by atoms with Crippen LogP contribution >= 0.6 is 11.3 Å². The largest absolute Gasteiger partial charge is 0.493 e. The SMILES string of the molecule is CCN(CC)c1c(C(C)(C)C)sc2ncnc(O)c12. The molecular formula is C14H21N3OS. The van der Waals surface area contributed by atoms with Crippen LogP contribution in [0.3, 0.4) is 0 Å². The van der Waals surface area contributed by atoms with E-state index >= 15 is 0 Å². The third-order valence-electron chi connectivity index (χ3n) is 3.20. The third-order valence-corrected chi connectivity index (χ3v) is 4.72. The Labute approximate surface area is 118 Å². The molecule has 0 radical (unpaired) electrons. The monoisotopic (exact) mass is 279 g/mol. The Balaban J connectivity index is 2.81. The van der Waals surface area contributed by atoms with Crippen molar-refractivity contribution in [3.05, 3.63) is 11.2 Å². The number of aromatic hydroxyl groups is 1. The van der Waals surface area contributed by atoms with Gasteiger partial charge in [-0.1, -0.05) is 20.8 Å².